The van der Waals surface area contributed by atoms with Crippen LogP contribution in [0.4, 0.5) is 0 Å². The Hall–Kier alpha value is -1.92. The van der Waals surface area contributed by atoms with Crippen LogP contribution in [0.1, 0.15) is 12.5 Å². The number of nitrogens with zero attached hydrogens (tertiary/aromatic N) is 2. The van der Waals surface area contributed by atoms with Gasteiger partial charge < -0.3 is 15.0 Å². The van der Waals surface area contributed by atoms with Crippen molar-refractivity contribution in [1.82, 2.24) is 20.2 Å². The second kappa shape index (κ2) is 5.46. The van der Waals surface area contributed by atoms with E-state index in [-0.39, 0.29) is 5.91 Å². The van der Waals surface area contributed by atoms with Crippen molar-refractivity contribution in [2.45, 2.75) is 12.5 Å². The van der Waals surface area contributed by atoms with E-state index in [1.165, 1.54) is 0 Å². The number of ether oxygens (including phenoxy) is 1. The minimum absolute atomic E-state index is 0.0109. The fraction of sp³-hybridized carbons (Fsp3) is 0.467. The summed E-state index contributed by atoms with van der Waals surface area (Å²) in [5.74, 6) is -0.0109. The SMILES string of the molecule is CNC(=O)C(C)(c1ccc2nc[nH]c2c1)N1CCOCC1. The first-order valence-corrected chi connectivity index (χ1v) is 7.15. The van der Waals surface area contributed by atoms with Gasteiger partial charge in [0.05, 0.1) is 30.6 Å². The molecule has 0 aliphatic carbocycles. The number of hydrogen-bond donors (Lipinski definition) is 2. The molecular weight excluding hydrogens is 268 g/mol. The fourth-order valence-electron chi connectivity index (χ4n) is 2.95. The van der Waals surface area contributed by atoms with E-state index in [1.54, 1.807) is 13.4 Å². The van der Waals surface area contributed by atoms with Gasteiger partial charge in [-0.05, 0) is 24.6 Å². The molecule has 0 bridgehead atoms. The van der Waals surface area contributed by atoms with Gasteiger partial charge in [0, 0.05) is 20.1 Å². The van der Waals surface area contributed by atoms with Crippen molar-refractivity contribution in [2.24, 2.45) is 0 Å². The molecule has 1 atom stereocenters. The maximum Gasteiger partial charge on any atom is 0.244 e. The van der Waals surface area contributed by atoms with Crippen LogP contribution >= 0.6 is 0 Å². The normalized spacial score (nSPS) is 19.3. The van der Waals surface area contributed by atoms with Crippen molar-refractivity contribution in [2.75, 3.05) is 33.4 Å². The molecule has 3 rings (SSSR count). The van der Waals surface area contributed by atoms with Crippen molar-refractivity contribution >= 4 is 16.9 Å². The van der Waals surface area contributed by atoms with Gasteiger partial charge in [0.25, 0.3) is 0 Å². The molecule has 112 valence electrons. The minimum atomic E-state index is -0.710. The van der Waals surface area contributed by atoms with Gasteiger partial charge >= 0.3 is 0 Å². The molecule has 1 unspecified atom stereocenters. The van der Waals surface area contributed by atoms with Gasteiger partial charge in [0.2, 0.25) is 5.91 Å². The summed E-state index contributed by atoms with van der Waals surface area (Å²) >= 11 is 0. The lowest BCUT2D eigenvalue weighted by atomic mass is 9.88. The van der Waals surface area contributed by atoms with Gasteiger partial charge in [-0.15, -0.1) is 0 Å². The third-order valence-corrected chi connectivity index (χ3v) is 4.30. The number of hydrogen-bond acceptors (Lipinski definition) is 4. The Morgan fingerprint density at radius 3 is 2.90 bits per heavy atom. The van der Waals surface area contributed by atoms with E-state index in [9.17, 15) is 4.79 Å². The second-order valence-electron chi connectivity index (χ2n) is 5.39. The highest BCUT2D eigenvalue weighted by Gasteiger charge is 2.41. The van der Waals surface area contributed by atoms with Crippen LogP contribution in [0.25, 0.3) is 11.0 Å². The predicted molar refractivity (Wildman–Crippen MR) is 79.9 cm³/mol. The van der Waals surface area contributed by atoms with Gasteiger partial charge in [-0.1, -0.05) is 6.07 Å². The van der Waals surface area contributed by atoms with Crippen LogP contribution in [-0.4, -0.2) is 54.1 Å². The first-order valence-electron chi connectivity index (χ1n) is 7.15. The van der Waals surface area contributed by atoms with E-state index >= 15 is 0 Å². The third-order valence-electron chi connectivity index (χ3n) is 4.30. The number of benzene rings is 1. The summed E-state index contributed by atoms with van der Waals surface area (Å²) in [6.07, 6.45) is 1.67. The van der Waals surface area contributed by atoms with Crippen molar-refractivity contribution < 1.29 is 9.53 Å². The molecule has 1 saturated heterocycles. The van der Waals surface area contributed by atoms with Crippen LogP contribution in [0.15, 0.2) is 24.5 Å². The summed E-state index contributed by atoms with van der Waals surface area (Å²) < 4.78 is 5.41. The van der Waals surface area contributed by atoms with Gasteiger partial charge in [0.1, 0.15) is 5.54 Å². The molecule has 0 saturated carbocycles. The predicted octanol–water partition coefficient (Wildman–Crippen LogP) is 0.856. The van der Waals surface area contributed by atoms with Crippen molar-refractivity contribution in [3.63, 3.8) is 0 Å². The average Bonchev–Trinajstić information content (AvgIpc) is 3.01. The summed E-state index contributed by atoms with van der Waals surface area (Å²) in [7, 11) is 1.68. The van der Waals surface area contributed by atoms with Gasteiger partial charge in [-0.3, -0.25) is 9.69 Å². The number of morpholine rings is 1. The standard InChI is InChI=1S/C15H20N4O2/c1-15(14(20)16-2,19-5-7-21-8-6-19)11-3-4-12-13(9-11)18-10-17-12/h3-4,9-10H,5-8H2,1-2H3,(H,16,20)(H,17,18). The highest BCUT2D eigenvalue weighted by atomic mass is 16.5. The molecule has 21 heavy (non-hydrogen) atoms. The number of H-pyrrole nitrogens is 1. The highest BCUT2D eigenvalue weighted by molar-refractivity contribution is 5.88. The molecule has 2 N–H and O–H groups in total. The molecular formula is C15H20N4O2. The molecule has 2 heterocycles. The van der Waals surface area contributed by atoms with E-state index in [0.717, 1.165) is 29.7 Å². The Balaban J connectivity index is 2.06. The van der Waals surface area contributed by atoms with Crippen LogP contribution in [0.5, 0.6) is 0 Å². The zero-order valence-electron chi connectivity index (χ0n) is 12.3. The van der Waals surface area contributed by atoms with Crippen LogP contribution < -0.4 is 5.32 Å². The maximum absolute atomic E-state index is 12.6. The Morgan fingerprint density at radius 1 is 1.43 bits per heavy atom. The molecule has 1 aliphatic rings. The molecule has 6 nitrogen and oxygen atoms in total. The lowest BCUT2D eigenvalue weighted by molar-refractivity contribution is -0.136. The van der Waals surface area contributed by atoms with Crippen LogP contribution in [0.2, 0.25) is 0 Å². The minimum Gasteiger partial charge on any atom is -0.379 e. The largest absolute Gasteiger partial charge is 0.379 e. The number of likely N-dealkylation sites (N-methyl/N-ethyl adjacent to an activating group) is 1. The van der Waals surface area contributed by atoms with Gasteiger partial charge in [-0.25, -0.2) is 4.98 Å². The third kappa shape index (κ3) is 2.30. The molecule has 1 aliphatic heterocycles. The quantitative estimate of drug-likeness (QED) is 0.878. The molecule has 1 fully saturated rings. The average molecular weight is 288 g/mol. The Labute approximate surface area is 123 Å². The molecule has 1 amide bonds. The van der Waals surface area contributed by atoms with Crippen molar-refractivity contribution in [3.8, 4) is 0 Å². The molecule has 1 aromatic heterocycles. The molecule has 1 aromatic carbocycles. The summed E-state index contributed by atoms with van der Waals surface area (Å²) in [6.45, 7) is 4.75. The van der Waals surface area contributed by atoms with E-state index in [4.69, 9.17) is 4.74 Å². The molecule has 0 radical (unpaired) electrons. The van der Waals surface area contributed by atoms with Crippen LogP contribution in [0, 0.1) is 0 Å². The fourth-order valence-corrected chi connectivity index (χ4v) is 2.95. The number of fused-ring (bicyclic) bond motifs is 1. The highest BCUT2D eigenvalue weighted by Crippen LogP contribution is 2.31. The Kier molecular flexibility index (Phi) is 3.65. The maximum atomic E-state index is 12.6. The lowest BCUT2D eigenvalue weighted by Gasteiger charge is -2.42. The first kappa shape index (κ1) is 14.0. The lowest BCUT2D eigenvalue weighted by Crippen LogP contribution is -2.57. The van der Waals surface area contributed by atoms with E-state index < -0.39 is 5.54 Å². The van der Waals surface area contributed by atoms with Crippen LogP contribution in [0.3, 0.4) is 0 Å². The van der Waals surface area contributed by atoms with E-state index in [2.05, 4.69) is 20.2 Å². The summed E-state index contributed by atoms with van der Waals surface area (Å²) in [4.78, 5) is 22.1. The second-order valence-corrected chi connectivity index (χ2v) is 5.39. The monoisotopic (exact) mass is 288 g/mol. The Bertz CT molecular complexity index is 648. The zero-order chi connectivity index (χ0) is 14.9. The number of amides is 1. The summed E-state index contributed by atoms with van der Waals surface area (Å²) in [6, 6.07) is 5.93. The molecule has 2 aromatic rings. The van der Waals surface area contributed by atoms with Crippen molar-refractivity contribution in [3.05, 3.63) is 30.1 Å². The molecule has 6 heteroatoms. The number of aromatic amines is 1. The van der Waals surface area contributed by atoms with Gasteiger partial charge in [-0.2, -0.15) is 0 Å². The van der Waals surface area contributed by atoms with E-state index in [0.29, 0.717) is 13.2 Å². The van der Waals surface area contributed by atoms with Gasteiger partial charge in [0.15, 0.2) is 0 Å². The topological polar surface area (TPSA) is 70.2 Å². The smallest absolute Gasteiger partial charge is 0.244 e. The Morgan fingerprint density at radius 2 is 2.19 bits per heavy atom. The molecule has 0 spiro atoms. The number of rotatable bonds is 3. The van der Waals surface area contributed by atoms with Crippen LogP contribution in [-0.2, 0) is 15.1 Å². The number of carbonyl (C=O) groups is 1. The van der Waals surface area contributed by atoms with E-state index in [1.807, 2.05) is 25.1 Å². The summed E-state index contributed by atoms with van der Waals surface area (Å²) in [5.41, 5.74) is 2.09. The number of aromatic nitrogens is 2. The zero-order valence-corrected chi connectivity index (χ0v) is 12.3. The summed E-state index contributed by atoms with van der Waals surface area (Å²) in [5, 5.41) is 2.80. The number of imidazole rings is 1. The first-order chi connectivity index (χ1) is 10.2. The number of nitrogens with one attached hydrogen (secondary N) is 2. The number of carbonyl (C=O) groups excluding carboxylic acids is 1. The van der Waals surface area contributed by atoms with Crippen molar-refractivity contribution in [1.29, 1.82) is 0 Å².